The maximum atomic E-state index is 10.9. The number of nitriles is 1. The van der Waals surface area contributed by atoms with Crippen molar-refractivity contribution in [2.45, 2.75) is 13.5 Å². The summed E-state index contributed by atoms with van der Waals surface area (Å²) >= 11 is 5.81. The van der Waals surface area contributed by atoms with Gasteiger partial charge >= 0.3 is 5.97 Å². The third-order valence-corrected chi connectivity index (χ3v) is 2.99. The number of aromatic carboxylic acids is 1. The van der Waals surface area contributed by atoms with Gasteiger partial charge in [-0.05, 0) is 31.2 Å². The van der Waals surface area contributed by atoms with E-state index in [0.717, 1.165) is 0 Å². The first-order chi connectivity index (χ1) is 9.51. The summed E-state index contributed by atoms with van der Waals surface area (Å²) in [5.74, 6) is -0.189. The number of benzene rings is 1. The molecule has 0 saturated heterocycles. The molecule has 0 saturated carbocycles. The standard InChI is InChI=1S/C14H11ClN2O3/c1-8-12(14(18)19)5-11(20-8)7-17-13-3-2-10(15)4-9(13)6-16/h2-5,17H,7H2,1H3,(H,18,19). The van der Waals surface area contributed by atoms with Crippen LogP contribution in [-0.4, -0.2) is 11.1 Å². The third kappa shape index (κ3) is 2.92. The Kier molecular flexibility index (Phi) is 3.97. The molecule has 1 aromatic heterocycles. The molecule has 0 amide bonds. The Morgan fingerprint density at radius 1 is 1.50 bits per heavy atom. The average molecular weight is 291 g/mol. The average Bonchev–Trinajstić information content (AvgIpc) is 2.78. The van der Waals surface area contributed by atoms with Crippen LogP contribution in [-0.2, 0) is 6.54 Å². The van der Waals surface area contributed by atoms with E-state index in [2.05, 4.69) is 5.32 Å². The first-order valence-electron chi connectivity index (χ1n) is 5.77. The van der Waals surface area contributed by atoms with E-state index in [-0.39, 0.29) is 12.1 Å². The van der Waals surface area contributed by atoms with E-state index >= 15 is 0 Å². The number of aryl methyl sites for hydroxylation is 1. The zero-order chi connectivity index (χ0) is 14.7. The van der Waals surface area contributed by atoms with Crippen LogP contribution in [0.2, 0.25) is 5.02 Å². The van der Waals surface area contributed by atoms with Crippen LogP contribution in [0.15, 0.2) is 28.7 Å². The molecule has 102 valence electrons. The Morgan fingerprint density at radius 2 is 2.25 bits per heavy atom. The Labute approximate surface area is 120 Å². The molecule has 1 heterocycles. The maximum Gasteiger partial charge on any atom is 0.339 e. The highest BCUT2D eigenvalue weighted by Gasteiger charge is 2.13. The summed E-state index contributed by atoms with van der Waals surface area (Å²) in [5, 5.41) is 21.5. The molecule has 0 aliphatic rings. The number of carboxylic acids is 1. The number of nitrogens with one attached hydrogen (secondary N) is 1. The predicted molar refractivity (Wildman–Crippen MR) is 73.9 cm³/mol. The van der Waals surface area contributed by atoms with Crippen molar-refractivity contribution in [2.24, 2.45) is 0 Å². The fraction of sp³-hybridized carbons (Fsp3) is 0.143. The Balaban J connectivity index is 2.15. The summed E-state index contributed by atoms with van der Waals surface area (Å²) < 4.78 is 5.34. The fourth-order valence-electron chi connectivity index (χ4n) is 1.79. The molecule has 0 aliphatic carbocycles. The summed E-state index contributed by atoms with van der Waals surface area (Å²) in [6.07, 6.45) is 0. The van der Waals surface area contributed by atoms with Gasteiger partial charge in [-0.2, -0.15) is 5.26 Å². The van der Waals surface area contributed by atoms with E-state index in [9.17, 15) is 4.79 Å². The van der Waals surface area contributed by atoms with Crippen LogP contribution in [0.1, 0.15) is 27.4 Å². The van der Waals surface area contributed by atoms with Crippen LogP contribution in [0.4, 0.5) is 5.69 Å². The van der Waals surface area contributed by atoms with Gasteiger partial charge < -0.3 is 14.8 Å². The van der Waals surface area contributed by atoms with Crippen molar-refractivity contribution >= 4 is 23.3 Å². The minimum Gasteiger partial charge on any atom is -0.478 e. The Hall–Kier alpha value is -2.45. The molecule has 0 fully saturated rings. The zero-order valence-corrected chi connectivity index (χ0v) is 11.4. The Bertz CT molecular complexity index is 701. The van der Waals surface area contributed by atoms with Crippen molar-refractivity contribution in [3.63, 3.8) is 0 Å². The molecule has 0 unspecified atom stereocenters. The zero-order valence-electron chi connectivity index (χ0n) is 10.6. The van der Waals surface area contributed by atoms with E-state index < -0.39 is 5.97 Å². The van der Waals surface area contributed by atoms with Gasteiger partial charge in [0.1, 0.15) is 23.2 Å². The van der Waals surface area contributed by atoms with Crippen molar-refractivity contribution in [1.82, 2.24) is 0 Å². The van der Waals surface area contributed by atoms with Crippen molar-refractivity contribution in [2.75, 3.05) is 5.32 Å². The summed E-state index contributed by atoms with van der Waals surface area (Å²) in [4.78, 5) is 10.9. The van der Waals surface area contributed by atoms with Crippen molar-refractivity contribution < 1.29 is 14.3 Å². The summed E-state index contributed by atoms with van der Waals surface area (Å²) in [6.45, 7) is 1.88. The molecule has 0 spiro atoms. The highest BCUT2D eigenvalue weighted by molar-refractivity contribution is 6.30. The van der Waals surface area contributed by atoms with Gasteiger partial charge in [-0.25, -0.2) is 4.79 Å². The highest BCUT2D eigenvalue weighted by Crippen LogP contribution is 2.21. The van der Waals surface area contributed by atoms with Crippen LogP contribution in [0.25, 0.3) is 0 Å². The monoisotopic (exact) mass is 290 g/mol. The molecule has 1 aromatic carbocycles. The molecular formula is C14H11ClN2O3. The maximum absolute atomic E-state index is 10.9. The number of hydrogen-bond donors (Lipinski definition) is 2. The second-order valence-electron chi connectivity index (χ2n) is 4.14. The first-order valence-corrected chi connectivity index (χ1v) is 6.15. The number of furan rings is 1. The molecular weight excluding hydrogens is 280 g/mol. The minimum absolute atomic E-state index is 0.137. The van der Waals surface area contributed by atoms with Crippen LogP contribution >= 0.6 is 11.6 Å². The summed E-state index contributed by atoms with van der Waals surface area (Å²) in [5.41, 5.74) is 1.17. The number of nitrogens with zero attached hydrogens (tertiary/aromatic N) is 1. The predicted octanol–water partition coefficient (Wildman–Crippen LogP) is 3.42. The molecule has 20 heavy (non-hydrogen) atoms. The number of halogens is 1. The van der Waals surface area contributed by atoms with Crippen LogP contribution in [0.5, 0.6) is 0 Å². The normalized spacial score (nSPS) is 10.1. The summed E-state index contributed by atoms with van der Waals surface area (Å²) in [6, 6.07) is 8.41. The quantitative estimate of drug-likeness (QED) is 0.901. The molecule has 0 bridgehead atoms. The molecule has 0 radical (unpaired) electrons. The lowest BCUT2D eigenvalue weighted by Gasteiger charge is -2.06. The Morgan fingerprint density at radius 3 is 2.85 bits per heavy atom. The van der Waals surface area contributed by atoms with Crippen molar-refractivity contribution in [1.29, 1.82) is 5.26 Å². The smallest absolute Gasteiger partial charge is 0.339 e. The number of rotatable bonds is 4. The lowest BCUT2D eigenvalue weighted by molar-refractivity contribution is 0.0695. The van der Waals surface area contributed by atoms with Gasteiger partial charge in [0, 0.05) is 5.02 Å². The van der Waals surface area contributed by atoms with Gasteiger partial charge in [0.05, 0.1) is 17.8 Å². The number of hydrogen-bond acceptors (Lipinski definition) is 4. The lowest BCUT2D eigenvalue weighted by Crippen LogP contribution is -2.00. The fourth-order valence-corrected chi connectivity index (χ4v) is 1.96. The molecule has 2 N–H and O–H groups in total. The van der Waals surface area contributed by atoms with E-state index in [0.29, 0.717) is 27.8 Å². The second-order valence-corrected chi connectivity index (χ2v) is 4.58. The molecule has 0 aliphatic heterocycles. The second kappa shape index (κ2) is 5.68. The van der Waals surface area contributed by atoms with Gasteiger partial charge in [-0.3, -0.25) is 0 Å². The minimum atomic E-state index is -1.03. The van der Waals surface area contributed by atoms with Crippen LogP contribution in [0, 0.1) is 18.3 Å². The van der Waals surface area contributed by atoms with E-state index in [1.54, 1.807) is 25.1 Å². The molecule has 0 atom stereocenters. The van der Waals surface area contributed by atoms with Gasteiger partial charge in [0.25, 0.3) is 0 Å². The van der Waals surface area contributed by atoms with Gasteiger partial charge in [-0.15, -0.1) is 0 Å². The van der Waals surface area contributed by atoms with Crippen molar-refractivity contribution in [3.05, 3.63) is 51.9 Å². The van der Waals surface area contributed by atoms with E-state index in [4.69, 9.17) is 26.4 Å². The molecule has 2 rings (SSSR count). The molecule has 2 aromatic rings. The van der Waals surface area contributed by atoms with Gasteiger partial charge in [0.15, 0.2) is 0 Å². The lowest BCUT2D eigenvalue weighted by atomic mass is 10.2. The van der Waals surface area contributed by atoms with Crippen LogP contribution < -0.4 is 5.32 Å². The number of carboxylic acid groups (broad SMARTS) is 1. The van der Waals surface area contributed by atoms with Gasteiger partial charge in [0.2, 0.25) is 0 Å². The third-order valence-electron chi connectivity index (χ3n) is 2.75. The molecule has 5 nitrogen and oxygen atoms in total. The SMILES string of the molecule is Cc1oc(CNc2ccc(Cl)cc2C#N)cc1C(=O)O. The van der Waals surface area contributed by atoms with Crippen LogP contribution in [0.3, 0.4) is 0 Å². The van der Waals surface area contributed by atoms with E-state index in [1.807, 2.05) is 6.07 Å². The number of carbonyl (C=O) groups is 1. The largest absolute Gasteiger partial charge is 0.478 e. The van der Waals surface area contributed by atoms with E-state index in [1.165, 1.54) is 6.07 Å². The van der Waals surface area contributed by atoms with Gasteiger partial charge in [-0.1, -0.05) is 11.6 Å². The van der Waals surface area contributed by atoms with Crippen molar-refractivity contribution in [3.8, 4) is 6.07 Å². The number of anilines is 1. The molecule has 6 heteroatoms. The topological polar surface area (TPSA) is 86.3 Å². The summed E-state index contributed by atoms with van der Waals surface area (Å²) in [7, 11) is 0. The highest BCUT2D eigenvalue weighted by atomic mass is 35.5. The first kappa shape index (κ1) is 14.0.